The molecule has 2 aromatic carbocycles. The number of hydrogen-bond acceptors (Lipinski definition) is 5. The predicted octanol–water partition coefficient (Wildman–Crippen LogP) is 3.48. The molecule has 1 amide bonds. The Morgan fingerprint density at radius 2 is 1.89 bits per heavy atom. The number of allylic oxidation sites excluding steroid dienone is 2. The maximum absolute atomic E-state index is 12.3. The average molecular weight is 377 g/mol. The van der Waals surface area contributed by atoms with E-state index in [0.717, 1.165) is 5.70 Å². The number of hydrazone groups is 1. The number of benzene rings is 2. The minimum Gasteiger partial charge on any atom is -0.486 e. The second-order valence-electron chi connectivity index (χ2n) is 7.33. The zero-order valence-corrected chi connectivity index (χ0v) is 16.2. The third kappa shape index (κ3) is 3.11. The molecule has 0 aliphatic carbocycles. The summed E-state index contributed by atoms with van der Waals surface area (Å²) in [6.07, 6.45) is 3.56. The summed E-state index contributed by atoms with van der Waals surface area (Å²) in [5, 5.41) is 4.09. The lowest BCUT2D eigenvalue weighted by molar-refractivity contribution is 0.0954. The minimum absolute atomic E-state index is 0.128. The molecule has 2 heterocycles. The highest BCUT2D eigenvalue weighted by Gasteiger charge is 2.37. The highest BCUT2D eigenvalue weighted by Crippen LogP contribution is 2.46. The molecule has 28 heavy (non-hydrogen) atoms. The van der Waals surface area contributed by atoms with Gasteiger partial charge in [0, 0.05) is 35.6 Å². The molecule has 2 aliphatic heterocycles. The monoisotopic (exact) mass is 377 g/mol. The number of carbonyl (C=O) groups excluding carboxylic acids is 1. The number of nitrogens with one attached hydrogen (secondary N) is 1. The van der Waals surface area contributed by atoms with Crippen molar-refractivity contribution < 1.29 is 14.3 Å². The van der Waals surface area contributed by atoms with Crippen LogP contribution in [0.2, 0.25) is 0 Å². The summed E-state index contributed by atoms with van der Waals surface area (Å²) in [4.78, 5) is 14.5. The third-order valence-electron chi connectivity index (χ3n) is 5.22. The van der Waals surface area contributed by atoms with Gasteiger partial charge in [0.15, 0.2) is 11.5 Å². The number of amides is 1. The Bertz CT molecular complexity index is 979. The lowest BCUT2D eigenvalue weighted by atomic mass is 9.84. The van der Waals surface area contributed by atoms with E-state index in [9.17, 15) is 4.79 Å². The molecule has 0 bridgehead atoms. The molecule has 1 N–H and O–H groups in total. The van der Waals surface area contributed by atoms with E-state index < -0.39 is 0 Å². The molecule has 0 radical (unpaired) electrons. The van der Waals surface area contributed by atoms with E-state index in [1.54, 1.807) is 24.4 Å². The summed E-state index contributed by atoms with van der Waals surface area (Å²) in [6.45, 7) is 5.37. The first-order valence-electron chi connectivity index (χ1n) is 9.25. The van der Waals surface area contributed by atoms with Crippen LogP contribution in [0.25, 0.3) is 0 Å². The van der Waals surface area contributed by atoms with Crippen LogP contribution in [0.4, 0.5) is 5.69 Å². The number of ether oxygens (including phenoxy) is 2. The summed E-state index contributed by atoms with van der Waals surface area (Å²) >= 11 is 0. The van der Waals surface area contributed by atoms with Crippen molar-refractivity contribution in [3.63, 3.8) is 0 Å². The van der Waals surface area contributed by atoms with Gasteiger partial charge in [-0.15, -0.1) is 0 Å². The Balaban J connectivity index is 1.46. The van der Waals surface area contributed by atoms with Crippen LogP contribution in [0.1, 0.15) is 29.8 Å². The van der Waals surface area contributed by atoms with Crippen molar-refractivity contribution in [1.29, 1.82) is 0 Å². The molecule has 4 rings (SSSR count). The molecule has 0 saturated heterocycles. The van der Waals surface area contributed by atoms with Gasteiger partial charge in [0.1, 0.15) is 13.2 Å². The summed E-state index contributed by atoms with van der Waals surface area (Å²) in [7, 11) is 2.04. The first kappa shape index (κ1) is 18.1. The fraction of sp³-hybridized carbons (Fsp3) is 0.273. The highest BCUT2D eigenvalue weighted by molar-refractivity contribution is 5.95. The normalized spacial score (nSPS) is 18.4. The molecule has 0 atom stereocenters. The molecular formula is C22H23N3O3. The number of anilines is 1. The lowest BCUT2D eigenvalue weighted by Gasteiger charge is -2.23. The Morgan fingerprint density at radius 3 is 2.68 bits per heavy atom. The molecule has 0 unspecified atom stereocenters. The second kappa shape index (κ2) is 7.03. The van der Waals surface area contributed by atoms with Crippen LogP contribution in [-0.2, 0) is 5.41 Å². The third-order valence-corrected chi connectivity index (χ3v) is 5.22. The van der Waals surface area contributed by atoms with Crippen molar-refractivity contribution in [2.24, 2.45) is 5.10 Å². The second-order valence-corrected chi connectivity index (χ2v) is 7.33. The summed E-state index contributed by atoms with van der Waals surface area (Å²) in [6, 6.07) is 13.5. The zero-order chi connectivity index (χ0) is 19.7. The zero-order valence-electron chi connectivity index (χ0n) is 16.2. The van der Waals surface area contributed by atoms with Gasteiger partial charge >= 0.3 is 0 Å². The molecule has 0 spiro atoms. The molecule has 0 fully saturated rings. The predicted molar refractivity (Wildman–Crippen MR) is 109 cm³/mol. The van der Waals surface area contributed by atoms with E-state index in [1.165, 1.54) is 11.3 Å². The van der Waals surface area contributed by atoms with Crippen LogP contribution < -0.4 is 19.8 Å². The van der Waals surface area contributed by atoms with E-state index in [4.69, 9.17) is 9.47 Å². The molecular weight excluding hydrogens is 354 g/mol. The van der Waals surface area contributed by atoms with Crippen LogP contribution in [0.3, 0.4) is 0 Å². The smallest absolute Gasteiger partial charge is 0.271 e. The fourth-order valence-electron chi connectivity index (χ4n) is 3.75. The van der Waals surface area contributed by atoms with Gasteiger partial charge in [0.05, 0.1) is 0 Å². The van der Waals surface area contributed by atoms with Crippen LogP contribution in [0.15, 0.2) is 59.3 Å². The topological polar surface area (TPSA) is 63.2 Å². The fourth-order valence-corrected chi connectivity index (χ4v) is 3.75. The first-order valence-corrected chi connectivity index (χ1v) is 9.25. The van der Waals surface area contributed by atoms with Gasteiger partial charge in [0.25, 0.3) is 5.91 Å². The number of para-hydroxylation sites is 1. The van der Waals surface area contributed by atoms with Crippen LogP contribution in [0.5, 0.6) is 11.5 Å². The largest absolute Gasteiger partial charge is 0.486 e. The van der Waals surface area contributed by atoms with Crippen molar-refractivity contribution >= 4 is 17.8 Å². The quantitative estimate of drug-likeness (QED) is 0.657. The van der Waals surface area contributed by atoms with Gasteiger partial charge in [-0.3, -0.25) is 4.79 Å². The lowest BCUT2D eigenvalue weighted by Crippen LogP contribution is -2.23. The first-order chi connectivity index (χ1) is 13.5. The van der Waals surface area contributed by atoms with E-state index in [1.807, 2.05) is 19.2 Å². The van der Waals surface area contributed by atoms with Gasteiger partial charge < -0.3 is 14.4 Å². The molecule has 144 valence electrons. The molecule has 0 aromatic heterocycles. The summed E-state index contributed by atoms with van der Waals surface area (Å²) in [5.74, 6) is 0.938. The number of likely N-dealkylation sites (N-methyl/N-ethyl adjacent to an activating group) is 1. The Labute approximate surface area is 164 Å². The van der Waals surface area contributed by atoms with Crippen molar-refractivity contribution in [2.45, 2.75) is 19.3 Å². The van der Waals surface area contributed by atoms with E-state index >= 15 is 0 Å². The van der Waals surface area contributed by atoms with Crippen LogP contribution in [0, 0.1) is 0 Å². The Morgan fingerprint density at radius 1 is 1.14 bits per heavy atom. The van der Waals surface area contributed by atoms with E-state index in [2.05, 4.69) is 47.5 Å². The highest BCUT2D eigenvalue weighted by atomic mass is 16.6. The van der Waals surface area contributed by atoms with Gasteiger partial charge in [-0.05, 0) is 35.9 Å². The van der Waals surface area contributed by atoms with Crippen molar-refractivity contribution in [1.82, 2.24) is 5.43 Å². The van der Waals surface area contributed by atoms with E-state index in [0.29, 0.717) is 30.3 Å². The Hall–Kier alpha value is -3.28. The van der Waals surface area contributed by atoms with Crippen LogP contribution >= 0.6 is 0 Å². The maximum atomic E-state index is 12.3. The standard InChI is InChI=1S/C22H23N3O3/c1-22(2)16-6-4-5-7-17(16)25(3)20(22)10-11-23-24-21(26)15-8-9-18-19(14-15)28-13-12-27-18/h4-11,14H,12-13H2,1-3H3,(H,24,26)/b20-10-,23-11+. The number of carbonyl (C=O) groups is 1. The number of nitrogens with zero attached hydrogens (tertiary/aromatic N) is 2. The summed E-state index contributed by atoms with van der Waals surface area (Å²) < 4.78 is 11.0. The summed E-state index contributed by atoms with van der Waals surface area (Å²) in [5.41, 5.74) is 6.49. The molecule has 0 saturated carbocycles. The van der Waals surface area contributed by atoms with Gasteiger partial charge in [-0.2, -0.15) is 5.10 Å². The number of hydrogen-bond donors (Lipinski definition) is 1. The number of fused-ring (bicyclic) bond motifs is 2. The molecule has 2 aromatic rings. The van der Waals surface area contributed by atoms with Crippen LogP contribution in [-0.4, -0.2) is 32.4 Å². The van der Waals surface area contributed by atoms with Crippen molar-refractivity contribution in [2.75, 3.05) is 25.2 Å². The maximum Gasteiger partial charge on any atom is 0.271 e. The van der Waals surface area contributed by atoms with E-state index in [-0.39, 0.29) is 11.3 Å². The van der Waals surface area contributed by atoms with Gasteiger partial charge in [-0.25, -0.2) is 5.43 Å². The van der Waals surface area contributed by atoms with Gasteiger partial charge in [0.2, 0.25) is 0 Å². The van der Waals surface area contributed by atoms with Crippen molar-refractivity contribution in [3.8, 4) is 11.5 Å². The van der Waals surface area contributed by atoms with Crippen molar-refractivity contribution in [3.05, 3.63) is 65.4 Å². The molecule has 6 heteroatoms. The minimum atomic E-state index is -0.297. The Kier molecular flexibility index (Phi) is 4.55. The molecule has 2 aliphatic rings. The SMILES string of the molecule is CN1/C(=C\C=N\NC(=O)c2ccc3c(c2)OCCO3)C(C)(C)c2ccccc21. The van der Waals surface area contributed by atoms with Gasteiger partial charge in [-0.1, -0.05) is 32.0 Å². The average Bonchev–Trinajstić information content (AvgIpc) is 2.91. The number of rotatable bonds is 3. The molecule has 6 nitrogen and oxygen atoms in total.